The summed E-state index contributed by atoms with van der Waals surface area (Å²) in [5.74, 6) is -0.632. The number of nitrogens with zero attached hydrogens (tertiary/aromatic N) is 1. The molecule has 428 valence electrons. The van der Waals surface area contributed by atoms with E-state index in [1.165, 1.54) is 77.0 Å². The van der Waals surface area contributed by atoms with Crippen molar-refractivity contribution < 1.29 is 37.3 Å². The number of carbonyl (C=O) groups is 2. The summed E-state index contributed by atoms with van der Waals surface area (Å²) in [5.41, 5.74) is 0. The average molecular weight is 1060 g/mol. The van der Waals surface area contributed by atoms with Gasteiger partial charge in [-0.15, -0.1) is 0 Å². The van der Waals surface area contributed by atoms with E-state index in [-0.39, 0.29) is 37.9 Å². The molecule has 0 aromatic rings. The highest BCUT2D eigenvalue weighted by molar-refractivity contribution is 7.47. The van der Waals surface area contributed by atoms with Crippen LogP contribution in [0.15, 0.2) is 122 Å². The Bertz CT molecular complexity index is 1700. The third-order valence-electron chi connectivity index (χ3n) is 12.4. The minimum absolute atomic E-state index is 0.0171. The number of hydrogen-bond acceptors (Lipinski definition) is 6. The SMILES string of the molecule is CC/C=C/C/C=C/C/C=C/C/C=C/C/C=C/CCC(=O)NC(COP(=O)(O)OCC[N+](C)(C)C)C(/C=C/CCCCCCCCCCCC)OC(=O)CCCCCCC/C=C\C/C=C\C/C=C\C/C=C\CCCCC. The zero-order valence-electron chi connectivity index (χ0n) is 48.7. The highest BCUT2D eigenvalue weighted by atomic mass is 31.2. The van der Waals surface area contributed by atoms with Crippen LogP contribution in [0.3, 0.4) is 0 Å². The average Bonchev–Trinajstić information content (AvgIpc) is 3.37. The topological polar surface area (TPSA) is 111 Å². The predicted molar refractivity (Wildman–Crippen MR) is 323 cm³/mol. The molecule has 0 aliphatic rings. The number of rotatable bonds is 52. The van der Waals surface area contributed by atoms with Gasteiger partial charge in [0, 0.05) is 12.8 Å². The highest BCUT2D eigenvalue weighted by Gasteiger charge is 2.30. The Morgan fingerprint density at radius 2 is 0.867 bits per heavy atom. The highest BCUT2D eigenvalue weighted by Crippen LogP contribution is 2.43. The lowest BCUT2D eigenvalue weighted by Crippen LogP contribution is -2.47. The van der Waals surface area contributed by atoms with E-state index in [0.717, 1.165) is 103 Å². The standard InChI is InChI=1S/C65H111N2O7P/c1-7-10-13-16-19-22-25-28-30-32-33-34-35-36-38-40-43-46-49-52-55-58-65(69)74-63(56-53-50-47-44-41-27-24-21-18-15-12-9-3)62(61-73-75(70,71)72-60-59-67(4,5)6)66-64(68)57-54-51-48-45-42-39-37-31-29-26-23-20-17-14-11-8-2/h11,14,19-20,22-23,28-31,33-34,36,38-39,42,48,51,53,56,62-63H,7-10,12-13,15-18,21,24-27,32,35,37,40-41,43-47,49-50,52,54-55,57-61H2,1-6H3,(H-,66,68,70,71)/p+1/b14-11+,22-19-,23-20+,30-28-,31-29+,34-33-,38-36-,42-39+,51-48+,56-53+. The normalized spacial score (nSPS) is 14.6. The lowest BCUT2D eigenvalue weighted by Gasteiger charge is -2.27. The van der Waals surface area contributed by atoms with Gasteiger partial charge < -0.3 is 19.4 Å². The molecule has 0 aromatic carbocycles. The number of likely N-dealkylation sites (N-methyl/N-ethyl adjacent to an activating group) is 1. The Hall–Kier alpha value is -3.59. The van der Waals surface area contributed by atoms with Crippen LogP contribution in [0.25, 0.3) is 0 Å². The Labute approximate surface area is 461 Å². The first kappa shape index (κ1) is 71.4. The minimum atomic E-state index is -4.48. The molecular formula is C65H112N2O7P+. The van der Waals surface area contributed by atoms with Crippen LogP contribution in [0.2, 0.25) is 0 Å². The molecule has 0 rings (SSSR count). The second-order valence-electron chi connectivity index (χ2n) is 20.8. The number of nitrogens with one attached hydrogen (secondary N) is 1. The van der Waals surface area contributed by atoms with Crippen LogP contribution in [0.1, 0.15) is 226 Å². The first-order valence-electron chi connectivity index (χ1n) is 29.9. The van der Waals surface area contributed by atoms with Crippen LogP contribution in [0, 0.1) is 0 Å². The zero-order chi connectivity index (χ0) is 55.0. The molecule has 0 bridgehead atoms. The number of unbranched alkanes of at least 4 members (excludes halogenated alkanes) is 18. The molecule has 9 nitrogen and oxygen atoms in total. The molecule has 0 spiro atoms. The summed E-state index contributed by atoms with van der Waals surface area (Å²) >= 11 is 0. The van der Waals surface area contributed by atoms with Crippen molar-refractivity contribution in [1.29, 1.82) is 0 Å². The van der Waals surface area contributed by atoms with Crippen LogP contribution >= 0.6 is 7.82 Å². The van der Waals surface area contributed by atoms with Gasteiger partial charge in [-0.1, -0.05) is 226 Å². The second-order valence-corrected chi connectivity index (χ2v) is 22.2. The Kier molecular flexibility index (Phi) is 51.2. The van der Waals surface area contributed by atoms with Crippen LogP contribution in [-0.2, 0) is 27.9 Å². The molecule has 0 aliphatic carbocycles. The van der Waals surface area contributed by atoms with Gasteiger partial charge in [0.15, 0.2) is 0 Å². The van der Waals surface area contributed by atoms with Gasteiger partial charge in [0.2, 0.25) is 5.91 Å². The smallest absolute Gasteiger partial charge is 0.456 e. The molecule has 0 radical (unpaired) electrons. The van der Waals surface area contributed by atoms with E-state index < -0.39 is 20.0 Å². The summed E-state index contributed by atoms with van der Waals surface area (Å²) in [5, 5.41) is 2.99. The molecule has 10 heteroatoms. The van der Waals surface area contributed by atoms with Crippen LogP contribution in [-0.4, -0.2) is 74.3 Å². The summed E-state index contributed by atoms with van der Waals surface area (Å²) in [6.07, 6.45) is 75.0. The first-order chi connectivity index (χ1) is 36.4. The maximum Gasteiger partial charge on any atom is 0.472 e. The number of quaternary nitrogens is 1. The lowest BCUT2D eigenvalue weighted by molar-refractivity contribution is -0.870. The van der Waals surface area contributed by atoms with Crippen molar-refractivity contribution in [3.63, 3.8) is 0 Å². The molecule has 1 amide bonds. The van der Waals surface area contributed by atoms with E-state index in [1.54, 1.807) is 0 Å². The summed E-state index contributed by atoms with van der Waals surface area (Å²) in [6.45, 7) is 6.77. The molecule has 0 saturated carbocycles. The van der Waals surface area contributed by atoms with Gasteiger partial charge in [0.25, 0.3) is 0 Å². The third-order valence-corrected chi connectivity index (χ3v) is 13.4. The monoisotopic (exact) mass is 1060 g/mol. The van der Waals surface area contributed by atoms with Crippen molar-refractivity contribution in [3.8, 4) is 0 Å². The van der Waals surface area contributed by atoms with Crippen molar-refractivity contribution in [3.05, 3.63) is 122 Å². The molecule has 3 atom stereocenters. The predicted octanol–water partition coefficient (Wildman–Crippen LogP) is 18.3. The Balaban J connectivity index is 5.44. The number of carbonyl (C=O) groups excluding carboxylic acids is 2. The van der Waals surface area contributed by atoms with E-state index in [0.29, 0.717) is 23.9 Å². The maximum absolute atomic E-state index is 13.5. The third kappa shape index (κ3) is 55.0. The van der Waals surface area contributed by atoms with Crippen LogP contribution < -0.4 is 5.32 Å². The van der Waals surface area contributed by atoms with Gasteiger partial charge in [-0.25, -0.2) is 4.57 Å². The quantitative estimate of drug-likeness (QED) is 0.0205. The number of amides is 1. The van der Waals surface area contributed by atoms with Crippen molar-refractivity contribution in [2.75, 3.05) is 40.9 Å². The second kappa shape index (κ2) is 53.8. The number of phosphoric ester groups is 1. The number of esters is 1. The molecule has 0 fully saturated rings. The van der Waals surface area contributed by atoms with Gasteiger partial charge in [-0.2, -0.15) is 0 Å². The minimum Gasteiger partial charge on any atom is -0.456 e. The molecule has 2 N–H and O–H groups in total. The molecule has 75 heavy (non-hydrogen) atoms. The van der Waals surface area contributed by atoms with E-state index in [9.17, 15) is 19.0 Å². The number of phosphoric acid groups is 1. The van der Waals surface area contributed by atoms with E-state index in [4.69, 9.17) is 13.8 Å². The van der Waals surface area contributed by atoms with Gasteiger partial charge in [-0.3, -0.25) is 18.6 Å². The van der Waals surface area contributed by atoms with E-state index in [2.05, 4.69) is 123 Å². The summed E-state index contributed by atoms with van der Waals surface area (Å²) < 4.78 is 30.6. The van der Waals surface area contributed by atoms with Crippen molar-refractivity contribution >= 4 is 19.7 Å². The molecule has 0 heterocycles. The molecule has 0 aliphatic heterocycles. The fourth-order valence-electron chi connectivity index (χ4n) is 7.79. The molecule has 0 aromatic heterocycles. The van der Waals surface area contributed by atoms with Crippen LogP contribution in [0.5, 0.6) is 0 Å². The molecule has 0 saturated heterocycles. The first-order valence-corrected chi connectivity index (χ1v) is 31.4. The fourth-order valence-corrected chi connectivity index (χ4v) is 8.53. The van der Waals surface area contributed by atoms with Crippen molar-refractivity contribution in [2.45, 2.75) is 238 Å². The van der Waals surface area contributed by atoms with Crippen molar-refractivity contribution in [2.24, 2.45) is 0 Å². The number of ether oxygens (including phenoxy) is 1. The number of allylic oxidation sites excluding steroid dienone is 19. The Morgan fingerprint density at radius 3 is 1.33 bits per heavy atom. The Morgan fingerprint density at radius 1 is 0.480 bits per heavy atom. The maximum atomic E-state index is 13.5. The zero-order valence-corrected chi connectivity index (χ0v) is 49.6. The number of hydrogen-bond donors (Lipinski definition) is 2. The van der Waals surface area contributed by atoms with Gasteiger partial charge >= 0.3 is 13.8 Å². The summed E-state index contributed by atoms with van der Waals surface area (Å²) in [4.78, 5) is 37.6. The van der Waals surface area contributed by atoms with Crippen molar-refractivity contribution in [1.82, 2.24) is 5.32 Å². The largest absolute Gasteiger partial charge is 0.472 e. The van der Waals surface area contributed by atoms with E-state index >= 15 is 0 Å². The summed E-state index contributed by atoms with van der Waals surface area (Å²) in [6, 6.07) is -0.904. The summed E-state index contributed by atoms with van der Waals surface area (Å²) in [7, 11) is 1.42. The van der Waals surface area contributed by atoms with Crippen LogP contribution in [0.4, 0.5) is 0 Å². The molecular weight excluding hydrogens is 952 g/mol. The fraction of sp³-hybridized carbons (Fsp3) is 0.662. The van der Waals surface area contributed by atoms with Gasteiger partial charge in [-0.05, 0) is 109 Å². The van der Waals surface area contributed by atoms with Gasteiger partial charge in [0.05, 0.1) is 33.8 Å². The van der Waals surface area contributed by atoms with Gasteiger partial charge in [0.1, 0.15) is 19.3 Å². The lowest BCUT2D eigenvalue weighted by atomic mass is 10.1. The van der Waals surface area contributed by atoms with E-state index in [1.807, 2.05) is 45.4 Å². The molecule has 3 unspecified atom stereocenters.